The Morgan fingerprint density at radius 3 is 3.05 bits per heavy atom. The minimum Gasteiger partial charge on any atom is -0.496 e. The number of methoxy groups -OCH3 is 1. The normalized spacial score (nSPS) is 14.8. The lowest BCUT2D eigenvalue weighted by molar-refractivity contribution is 0.180. The highest BCUT2D eigenvalue weighted by atomic mass is 79.9. The minimum atomic E-state index is -0.536. The van der Waals surface area contributed by atoms with E-state index in [9.17, 15) is 5.11 Å². The molecule has 0 amide bonds. The van der Waals surface area contributed by atoms with Gasteiger partial charge in [-0.25, -0.2) is 0 Å². The van der Waals surface area contributed by atoms with Crippen molar-refractivity contribution in [3.05, 3.63) is 44.1 Å². The fraction of sp³-hybridized carbons (Fsp3) is 0.333. The van der Waals surface area contributed by atoms with Gasteiger partial charge in [-0.15, -0.1) is 11.3 Å². The van der Waals surface area contributed by atoms with Crippen LogP contribution in [0.5, 0.6) is 11.5 Å². The summed E-state index contributed by atoms with van der Waals surface area (Å²) in [6.07, 6.45) is 0.947. The summed E-state index contributed by atoms with van der Waals surface area (Å²) in [5.74, 6) is 1.73. The van der Waals surface area contributed by atoms with Gasteiger partial charge < -0.3 is 14.6 Å². The zero-order valence-electron chi connectivity index (χ0n) is 11.1. The maximum Gasteiger partial charge on any atom is 0.129 e. The van der Waals surface area contributed by atoms with Gasteiger partial charge in [-0.3, -0.25) is 0 Å². The van der Waals surface area contributed by atoms with Gasteiger partial charge in [0.05, 0.1) is 19.8 Å². The summed E-state index contributed by atoms with van der Waals surface area (Å²) >= 11 is 5.03. The molecule has 3 nitrogen and oxygen atoms in total. The molecule has 1 N–H and O–H groups in total. The Bertz CT molecular complexity index is 624. The van der Waals surface area contributed by atoms with Gasteiger partial charge in [-0.1, -0.05) is 15.9 Å². The Labute approximate surface area is 130 Å². The van der Waals surface area contributed by atoms with Crippen molar-refractivity contribution < 1.29 is 14.6 Å². The molecule has 0 saturated carbocycles. The van der Waals surface area contributed by atoms with Gasteiger partial charge in [0.2, 0.25) is 0 Å². The highest BCUT2D eigenvalue weighted by molar-refractivity contribution is 9.10. The fourth-order valence-electron chi connectivity index (χ4n) is 2.42. The zero-order chi connectivity index (χ0) is 14.1. The number of hydrogen-bond donors (Lipinski definition) is 1. The van der Waals surface area contributed by atoms with Crippen LogP contribution in [0.1, 0.15) is 22.1 Å². The highest BCUT2D eigenvalue weighted by Gasteiger charge is 2.20. The van der Waals surface area contributed by atoms with E-state index in [1.54, 1.807) is 7.11 Å². The van der Waals surface area contributed by atoms with Crippen LogP contribution < -0.4 is 9.47 Å². The van der Waals surface area contributed by atoms with Crippen LogP contribution in [-0.4, -0.2) is 18.8 Å². The smallest absolute Gasteiger partial charge is 0.129 e. The SMILES string of the molecule is COc1csc(C(O)Cc2cc(Br)cc3c2OCC3)c1. The highest BCUT2D eigenvalue weighted by Crippen LogP contribution is 2.36. The summed E-state index contributed by atoms with van der Waals surface area (Å²) in [6.45, 7) is 0.724. The first-order valence-electron chi connectivity index (χ1n) is 6.42. The lowest BCUT2D eigenvalue weighted by Gasteiger charge is -2.12. The first-order chi connectivity index (χ1) is 9.67. The van der Waals surface area contributed by atoms with Gasteiger partial charge in [0.15, 0.2) is 0 Å². The summed E-state index contributed by atoms with van der Waals surface area (Å²) in [4.78, 5) is 0.911. The first kappa shape index (κ1) is 13.9. The van der Waals surface area contributed by atoms with Gasteiger partial charge >= 0.3 is 0 Å². The standard InChI is InChI=1S/C15H15BrO3S/c1-18-12-7-14(20-8-12)13(17)6-10-5-11(16)4-9-2-3-19-15(9)10/h4-5,7-8,13,17H,2-3,6H2,1H3. The Morgan fingerprint density at radius 1 is 1.45 bits per heavy atom. The van der Waals surface area contributed by atoms with E-state index in [0.29, 0.717) is 6.42 Å². The Balaban J connectivity index is 1.84. The Kier molecular flexibility index (Phi) is 4.01. The number of aliphatic hydroxyl groups excluding tert-OH is 1. The Morgan fingerprint density at radius 2 is 2.30 bits per heavy atom. The second kappa shape index (κ2) is 5.76. The quantitative estimate of drug-likeness (QED) is 0.908. The fourth-order valence-corrected chi connectivity index (χ4v) is 3.82. The molecule has 1 atom stereocenters. The molecule has 3 rings (SSSR count). The van der Waals surface area contributed by atoms with E-state index in [0.717, 1.165) is 39.4 Å². The third-order valence-corrected chi connectivity index (χ3v) is 4.87. The van der Waals surface area contributed by atoms with Crippen LogP contribution >= 0.6 is 27.3 Å². The van der Waals surface area contributed by atoms with Gasteiger partial charge in [0.1, 0.15) is 11.5 Å². The Hall–Kier alpha value is -1.04. The van der Waals surface area contributed by atoms with E-state index >= 15 is 0 Å². The number of benzene rings is 1. The van der Waals surface area contributed by atoms with E-state index in [4.69, 9.17) is 9.47 Å². The third kappa shape index (κ3) is 2.71. The van der Waals surface area contributed by atoms with Crippen molar-refractivity contribution in [1.82, 2.24) is 0 Å². The van der Waals surface area contributed by atoms with Crippen molar-refractivity contribution in [2.45, 2.75) is 18.9 Å². The summed E-state index contributed by atoms with van der Waals surface area (Å²) < 4.78 is 11.9. The number of halogens is 1. The van der Waals surface area contributed by atoms with Crippen molar-refractivity contribution >= 4 is 27.3 Å². The molecule has 20 heavy (non-hydrogen) atoms. The second-order valence-corrected chi connectivity index (χ2v) is 6.62. The van der Waals surface area contributed by atoms with E-state index in [1.807, 2.05) is 17.5 Å². The zero-order valence-corrected chi connectivity index (χ0v) is 13.5. The lowest BCUT2D eigenvalue weighted by Crippen LogP contribution is -2.01. The molecule has 1 aliphatic heterocycles. The van der Waals surface area contributed by atoms with Gasteiger partial charge in [0.25, 0.3) is 0 Å². The van der Waals surface area contributed by atoms with Gasteiger partial charge in [-0.2, -0.15) is 0 Å². The molecule has 0 saturated heterocycles. The van der Waals surface area contributed by atoms with Crippen molar-refractivity contribution in [2.24, 2.45) is 0 Å². The largest absolute Gasteiger partial charge is 0.496 e. The van der Waals surface area contributed by atoms with Crippen molar-refractivity contribution in [2.75, 3.05) is 13.7 Å². The third-order valence-electron chi connectivity index (χ3n) is 3.40. The second-order valence-electron chi connectivity index (χ2n) is 4.76. The molecule has 0 aliphatic carbocycles. The molecular weight excluding hydrogens is 340 g/mol. The van der Waals surface area contributed by atoms with Crippen LogP contribution in [0.25, 0.3) is 0 Å². The number of thiophene rings is 1. The molecule has 5 heteroatoms. The summed E-state index contributed by atoms with van der Waals surface area (Å²) in [7, 11) is 1.63. The first-order valence-corrected chi connectivity index (χ1v) is 8.09. The topological polar surface area (TPSA) is 38.7 Å². The van der Waals surface area contributed by atoms with E-state index in [2.05, 4.69) is 22.0 Å². The van der Waals surface area contributed by atoms with E-state index < -0.39 is 6.10 Å². The summed E-state index contributed by atoms with van der Waals surface area (Å²) in [5, 5.41) is 12.3. The molecule has 0 bridgehead atoms. The minimum absolute atomic E-state index is 0.536. The molecule has 1 aromatic heterocycles. The van der Waals surface area contributed by atoms with Gasteiger partial charge in [-0.05, 0) is 29.3 Å². The predicted octanol–water partition coefficient (Wildman–Crippen LogP) is 3.73. The summed E-state index contributed by atoms with van der Waals surface area (Å²) in [5.41, 5.74) is 2.26. The molecule has 1 aromatic carbocycles. The average molecular weight is 355 g/mol. The van der Waals surface area contributed by atoms with Crippen LogP contribution in [0.4, 0.5) is 0 Å². The molecule has 2 aromatic rings. The maximum absolute atomic E-state index is 10.4. The molecule has 2 heterocycles. The number of fused-ring (bicyclic) bond motifs is 1. The predicted molar refractivity (Wildman–Crippen MR) is 82.9 cm³/mol. The molecular formula is C15H15BrO3S. The molecule has 0 fully saturated rings. The number of aliphatic hydroxyl groups is 1. The summed E-state index contributed by atoms with van der Waals surface area (Å²) in [6, 6.07) is 6.00. The van der Waals surface area contributed by atoms with E-state index in [-0.39, 0.29) is 0 Å². The maximum atomic E-state index is 10.4. The lowest BCUT2D eigenvalue weighted by atomic mass is 10.0. The monoisotopic (exact) mass is 354 g/mol. The van der Waals surface area contributed by atoms with Crippen LogP contribution in [0, 0.1) is 0 Å². The number of hydrogen-bond acceptors (Lipinski definition) is 4. The average Bonchev–Trinajstić information content (AvgIpc) is 3.06. The van der Waals surface area contributed by atoms with Crippen molar-refractivity contribution in [3.8, 4) is 11.5 Å². The van der Waals surface area contributed by atoms with Gasteiger partial charge in [0, 0.05) is 27.6 Å². The van der Waals surface area contributed by atoms with E-state index in [1.165, 1.54) is 16.9 Å². The molecule has 106 valence electrons. The van der Waals surface area contributed by atoms with Crippen LogP contribution in [0.2, 0.25) is 0 Å². The van der Waals surface area contributed by atoms with Crippen LogP contribution in [0.3, 0.4) is 0 Å². The number of rotatable bonds is 4. The molecule has 1 unspecified atom stereocenters. The number of ether oxygens (including phenoxy) is 2. The van der Waals surface area contributed by atoms with Crippen molar-refractivity contribution in [1.29, 1.82) is 0 Å². The molecule has 0 spiro atoms. The molecule has 1 aliphatic rings. The van der Waals surface area contributed by atoms with Crippen LogP contribution in [-0.2, 0) is 12.8 Å². The molecule has 0 radical (unpaired) electrons. The van der Waals surface area contributed by atoms with Crippen LogP contribution in [0.15, 0.2) is 28.1 Å². The van der Waals surface area contributed by atoms with Crippen molar-refractivity contribution in [3.63, 3.8) is 0 Å².